The van der Waals surface area contributed by atoms with Crippen molar-refractivity contribution in [3.8, 4) is 22.9 Å². The second-order valence-electron chi connectivity index (χ2n) is 9.96. The summed E-state index contributed by atoms with van der Waals surface area (Å²) >= 11 is 0. The number of methoxy groups -OCH3 is 1. The van der Waals surface area contributed by atoms with Gasteiger partial charge in [-0.05, 0) is 68.0 Å². The number of carbonyl (C=O) groups is 1. The first-order valence-corrected chi connectivity index (χ1v) is 13.4. The third-order valence-electron chi connectivity index (χ3n) is 7.18. The van der Waals surface area contributed by atoms with E-state index in [1.807, 2.05) is 48.7 Å². The Morgan fingerprint density at radius 3 is 2.67 bits per heavy atom. The number of anilines is 1. The summed E-state index contributed by atoms with van der Waals surface area (Å²) in [6, 6.07) is 14.0. The van der Waals surface area contributed by atoms with E-state index in [0.717, 1.165) is 72.6 Å². The number of Topliss-reactive ketones (excluding diaryl/α,β-unsaturated/α-hetero) is 1. The van der Waals surface area contributed by atoms with Gasteiger partial charge in [0.25, 0.3) is 0 Å². The van der Waals surface area contributed by atoms with E-state index in [9.17, 15) is 9.18 Å². The zero-order valence-corrected chi connectivity index (χ0v) is 22.6. The van der Waals surface area contributed by atoms with Crippen LogP contribution in [0.15, 0.2) is 54.9 Å². The first kappa shape index (κ1) is 26.7. The third-order valence-corrected chi connectivity index (χ3v) is 7.18. The number of imidazole rings is 1. The molecule has 1 aromatic heterocycles. The Bertz CT molecular complexity index is 1480. The molecule has 39 heavy (non-hydrogen) atoms. The van der Waals surface area contributed by atoms with Crippen molar-refractivity contribution >= 4 is 22.5 Å². The first-order chi connectivity index (χ1) is 19.0. The van der Waals surface area contributed by atoms with Crippen LogP contribution in [0, 0.1) is 18.7 Å². The Hall–Kier alpha value is -3.91. The molecule has 1 N–H and O–H groups in total. The van der Waals surface area contributed by atoms with E-state index in [1.54, 1.807) is 18.5 Å². The van der Waals surface area contributed by atoms with Gasteiger partial charge in [0.05, 0.1) is 18.3 Å². The van der Waals surface area contributed by atoms with E-state index >= 15 is 0 Å². The molecule has 1 fully saturated rings. The van der Waals surface area contributed by atoms with Crippen LogP contribution in [0.4, 0.5) is 10.1 Å². The minimum atomic E-state index is -0.511. The molecule has 3 aromatic carbocycles. The van der Waals surface area contributed by atoms with Gasteiger partial charge in [-0.1, -0.05) is 6.92 Å². The lowest BCUT2D eigenvalue weighted by molar-refractivity contribution is 0.0699. The van der Waals surface area contributed by atoms with Crippen molar-refractivity contribution in [3.05, 3.63) is 71.8 Å². The quantitative estimate of drug-likeness (QED) is 0.220. The molecule has 0 aliphatic carbocycles. The van der Waals surface area contributed by atoms with E-state index < -0.39 is 5.82 Å². The highest BCUT2D eigenvalue weighted by atomic mass is 19.1. The average molecular weight is 532 g/mol. The number of halogens is 1. The Morgan fingerprint density at radius 2 is 1.95 bits per heavy atom. The van der Waals surface area contributed by atoms with Crippen LogP contribution in [-0.2, 0) is 4.74 Å². The minimum absolute atomic E-state index is 0.103. The largest absolute Gasteiger partial charge is 0.497 e. The number of benzene rings is 3. The third kappa shape index (κ3) is 5.91. The maximum atomic E-state index is 14.7. The second-order valence-corrected chi connectivity index (χ2v) is 9.96. The lowest BCUT2D eigenvalue weighted by Crippen LogP contribution is -2.22. The van der Waals surface area contributed by atoms with Gasteiger partial charge in [0, 0.05) is 55.6 Å². The normalized spacial score (nSPS) is 13.9. The molecule has 0 radical (unpaired) electrons. The first-order valence-electron chi connectivity index (χ1n) is 13.4. The number of rotatable bonds is 10. The van der Waals surface area contributed by atoms with Crippen LogP contribution in [0.25, 0.3) is 16.7 Å². The summed E-state index contributed by atoms with van der Waals surface area (Å²) in [5, 5.41) is 3.56. The van der Waals surface area contributed by atoms with E-state index in [4.69, 9.17) is 19.2 Å². The molecular weight excluding hydrogens is 497 g/mol. The fourth-order valence-electron chi connectivity index (χ4n) is 4.99. The molecule has 7 nitrogen and oxygen atoms in total. The number of aryl methyl sites for hydroxylation is 1. The zero-order valence-electron chi connectivity index (χ0n) is 22.6. The van der Waals surface area contributed by atoms with Gasteiger partial charge in [-0.3, -0.25) is 9.36 Å². The summed E-state index contributed by atoms with van der Waals surface area (Å²) in [5.41, 5.74) is 4.94. The van der Waals surface area contributed by atoms with Crippen molar-refractivity contribution in [1.29, 1.82) is 0 Å². The highest BCUT2D eigenvalue weighted by molar-refractivity contribution is 5.98. The Morgan fingerprint density at radius 1 is 1.13 bits per heavy atom. The predicted octanol–water partition coefficient (Wildman–Crippen LogP) is 7.10. The van der Waals surface area contributed by atoms with Crippen LogP contribution in [0.5, 0.6) is 17.2 Å². The molecule has 0 spiro atoms. The number of fused-ring (bicyclic) bond motifs is 1. The van der Waals surface area contributed by atoms with Gasteiger partial charge < -0.3 is 19.5 Å². The molecule has 1 aliphatic rings. The summed E-state index contributed by atoms with van der Waals surface area (Å²) in [7, 11) is 1.49. The Balaban J connectivity index is 1.53. The van der Waals surface area contributed by atoms with Crippen molar-refractivity contribution in [2.24, 2.45) is 5.92 Å². The van der Waals surface area contributed by atoms with Crippen LogP contribution >= 0.6 is 0 Å². The summed E-state index contributed by atoms with van der Waals surface area (Å²) in [5.74, 6) is 1.13. The molecule has 2 heterocycles. The molecule has 0 amide bonds. The zero-order chi connectivity index (χ0) is 27.4. The molecule has 5 rings (SSSR count). The van der Waals surface area contributed by atoms with E-state index in [-0.39, 0.29) is 11.5 Å². The SMILES string of the molecule is CCCC(=O)c1ccc(-n2cnc3c(NCC4CCOCC4)cc(Oc4ccc(OC)cc4F)cc32)cc1C. The van der Waals surface area contributed by atoms with Gasteiger partial charge in [-0.25, -0.2) is 9.37 Å². The van der Waals surface area contributed by atoms with Crippen molar-refractivity contribution in [2.75, 3.05) is 32.2 Å². The number of ketones is 1. The van der Waals surface area contributed by atoms with Crippen LogP contribution in [0.2, 0.25) is 0 Å². The van der Waals surface area contributed by atoms with E-state index in [0.29, 0.717) is 23.8 Å². The number of carbonyl (C=O) groups excluding carboxylic acids is 1. The number of hydrogen-bond donors (Lipinski definition) is 1. The van der Waals surface area contributed by atoms with Crippen LogP contribution in [0.1, 0.15) is 48.5 Å². The molecule has 4 aromatic rings. The highest BCUT2D eigenvalue weighted by Crippen LogP contribution is 2.35. The molecule has 204 valence electrons. The summed E-state index contributed by atoms with van der Waals surface area (Å²) in [6.07, 6.45) is 5.11. The fraction of sp³-hybridized carbons (Fsp3) is 0.355. The fourth-order valence-corrected chi connectivity index (χ4v) is 4.99. The maximum Gasteiger partial charge on any atom is 0.169 e. The Labute approximate surface area is 227 Å². The summed E-state index contributed by atoms with van der Waals surface area (Å²) in [6.45, 7) is 6.27. The van der Waals surface area contributed by atoms with Gasteiger partial charge in [-0.15, -0.1) is 0 Å². The van der Waals surface area contributed by atoms with Crippen LogP contribution < -0.4 is 14.8 Å². The van der Waals surface area contributed by atoms with E-state index in [2.05, 4.69) is 5.32 Å². The monoisotopic (exact) mass is 531 g/mol. The second kappa shape index (κ2) is 11.9. The number of ether oxygens (including phenoxy) is 3. The Kier molecular flexibility index (Phi) is 8.12. The van der Waals surface area contributed by atoms with Gasteiger partial charge in [0.2, 0.25) is 0 Å². The number of nitrogens with zero attached hydrogens (tertiary/aromatic N) is 2. The number of nitrogens with one attached hydrogen (secondary N) is 1. The predicted molar refractivity (Wildman–Crippen MR) is 150 cm³/mol. The average Bonchev–Trinajstić information content (AvgIpc) is 3.37. The van der Waals surface area contributed by atoms with E-state index in [1.165, 1.54) is 13.2 Å². The smallest absolute Gasteiger partial charge is 0.169 e. The molecular formula is C31H34FN3O4. The highest BCUT2D eigenvalue weighted by Gasteiger charge is 2.18. The molecule has 0 atom stereocenters. The van der Waals surface area contributed by atoms with Crippen molar-refractivity contribution in [2.45, 2.75) is 39.5 Å². The van der Waals surface area contributed by atoms with Gasteiger partial charge in [-0.2, -0.15) is 0 Å². The maximum absolute atomic E-state index is 14.7. The van der Waals surface area contributed by atoms with Gasteiger partial charge in [0.1, 0.15) is 23.3 Å². The minimum Gasteiger partial charge on any atom is -0.497 e. The lowest BCUT2D eigenvalue weighted by Gasteiger charge is -2.23. The van der Waals surface area contributed by atoms with Crippen molar-refractivity contribution < 1.29 is 23.4 Å². The molecule has 0 bridgehead atoms. The standard InChI is InChI=1S/C31H34FN3O4/c1-4-5-29(36)25-8-6-22(14-20(25)2)35-19-34-31-27(33-18-21-10-12-38-13-11-21)16-24(17-28(31)35)39-30-9-7-23(37-3)15-26(30)32/h6-9,14-17,19,21,33H,4-5,10-13,18H2,1-3H3. The van der Waals surface area contributed by atoms with Crippen LogP contribution in [0.3, 0.4) is 0 Å². The van der Waals surface area contributed by atoms with Crippen molar-refractivity contribution in [1.82, 2.24) is 9.55 Å². The summed E-state index contributed by atoms with van der Waals surface area (Å²) < 4.78 is 33.4. The molecule has 0 unspecified atom stereocenters. The number of hydrogen-bond acceptors (Lipinski definition) is 6. The molecule has 1 aliphatic heterocycles. The lowest BCUT2D eigenvalue weighted by atomic mass is 10.0. The molecule has 8 heteroatoms. The van der Waals surface area contributed by atoms with Gasteiger partial charge in [0.15, 0.2) is 17.3 Å². The molecule has 0 saturated carbocycles. The summed E-state index contributed by atoms with van der Waals surface area (Å²) in [4.78, 5) is 17.2. The van der Waals surface area contributed by atoms with Crippen LogP contribution in [-0.4, -0.2) is 42.2 Å². The number of aromatic nitrogens is 2. The topological polar surface area (TPSA) is 74.6 Å². The van der Waals surface area contributed by atoms with Crippen molar-refractivity contribution in [3.63, 3.8) is 0 Å². The van der Waals surface area contributed by atoms with Gasteiger partial charge >= 0.3 is 0 Å². The molecule has 1 saturated heterocycles.